The van der Waals surface area contributed by atoms with Crippen LogP contribution in [-0.2, 0) is 4.79 Å². The molecule has 2 heterocycles. The number of aryl methyl sites for hydroxylation is 1. The topological polar surface area (TPSA) is 64.7 Å². The number of halogens is 1. The Bertz CT molecular complexity index is 1140. The van der Waals surface area contributed by atoms with Crippen molar-refractivity contribution in [3.05, 3.63) is 83.6 Å². The van der Waals surface area contributed by atoms with Crippen molar-refractivity contribution < 1.29 is 4.79 Å². The Morgan fingerprint density at radius 3 is 2.52 bits per heavy atom. The predicted octanol–water partition coefficient (Wildman–Crippen LogP) is 4.75. The lowest BCUT2D eigenvalue weighted by Gasteiger charge is -2.12. The molecule has 1 N–H and O–H groups in total. The lowest BCUT2D eigenvalue weighted by atomic mass is 10.2. The predicted molar refractivity (Wildman–Crippen MR) is 116 cm³/mol. The van der Waals surface area contributed by atoms with Gasteiger partial charge in [-0.2, -0.15) is 0 Å². The summed E-state index contributed by atoms with van der Waals surface area (Å²) in [6.45, 7) is 1.96. The molecule has 29 heavy (non-hydrogen) atoms. The first-order chi connectivity index (χ1) is 14.1. The Balaban J connectivity index is 1.59. The van der Waals surface area contributed by atoms with Crippen LogP contribution in [0.15, 0.2) is 78.2 Å². The fourth-order valence-electron chi connectivity index (χ4n) is 2.86. The molecule has 0 radical (unpaired) electrons. The third-order valence-corrected chi connectivity index (χ3v) is 5.55. The second-order valence-electron chi connectivity index (χ2n) is 6.31. The summed E-state index contributed by atoms with van der Waals surface area (Å²) in [4.78, 5) is 12.4. The number of carbonyl (C=O) groups is 1. The van der Waals surface area contributed by atoms with Crippen LogP contribution >= 0.6 is 23.4 Å². The molecule has 0 aliphatic rings. The van der Waals surface area contributed by atoms with Gasteiger partial charge in [-0.1, -0.05) is 53.7 Å². The molecule has 8 heteroatoms. The summed E-state index contributed by atoms with van der Waals surface area (Å²) >= 11 is 7.69. The summed E-state index contributed by atoms with van der Waals surface area (Å²) in [5.41, 5.74) is 2.59. The number of rotatable bonds is 6. The molecule has 4 rings (SSSR count). The van der Waals surface area contributed by atoms with Crippen molar-refractivity contribution in [2.45, 2.75) is 12.1 Å². The van der Waals surface area contributed by atoms with E-state index in [1.54, 1.807) is 0 Å². The zero-order valence-corrected chi connectivity index (χ0v) is 17.2. The SMILES string of the molecule is Cc1ccccc1NC(=O)CSc1nnc(-c2ccccc2Cl)n1-n1cccc1. The van der Waals surface area contributed by atoms with Crippen molar-refractivity contribution in [3.8, 4) is 11.4 Å². The van der Waals surface area contributed by atoms with Gasteiger partial charge in [0.25, 0.3) is 0 Å². The second kappa shape index (κ2) is 8.55. The van der Waals surface area contributed by atoms with Gasteiger partial charge in [-0.15, -0.1) is 10.2 Å². The molecule has 1 amide bonds. The summed E-state index contributed by atoms with van der Waals surface area (Å²) in [5, 5.41) is 12.8. The third kappa shape index (κ3) is 4.21. The van der Waals surface area contributed by atoms with Gasteiger partial charge >= 0.3 is 0 Å². The number of aromatic nitrogens is 4. The Morgan fingerprint density at radius 2 is 1.76 bits per heavy atom. The molecule has 6 nitrogen and oxygen atoms in total. The van der Waals surface area contributed by atoms with Crippen molar-refractivity contribution in [1.82, 2.24) is 19.5 Å². The van der Waals surface area contributed by atoms with E-state index in [9.17, 15) is 4.79 Å². The third-order valence-electron chi connectivity index (χ3n) is 4.30. The molecule has 0 saturated carbocycles. The van der Waals surface area contributed by atoms with Crippen LogP contribution in [0, 0.1) is 6.92 Å². The molecule has 0 spiro atoms. The highest BCUT2D eigenvalue weighted by Crippen LogP contribution is 2.29. The minimum Gasteiger partial charge on any atom is -0.325 e. The summed E-state index contributed by atoms with van der Waals surface area (Å²) in [7, 11) is 0. The van der Waals surface area contributed by atoms with Crippen molar-refractivity contribution in [1.29, 1.82) is 0 Å². The molecule has 0 saturated heterocycles. The van der Waals surface area contributed by atoms with E-state index in [0.29, 0.717) is 16.0 Å². The van der Waals surface area contributed by atoms with E-state index in [1.807, 2.05) is 89.3 Å². The fraction of sp³-hybridized carbons (Fsp3) is 0.0952. The van der Waals surface area contributed by atoms with Gasteiger partial charge in [-0.25, -0.2) is 4.68 Å². The lowest BCUT2D eigenvalue weighted by molar-refractivity contribution is -0.113. The van der Waals surface area contributed by atoms with E-state index < -0.39 is 0 Å². The molecule has 0 aliphatic carbocycles. The molecule has 2 aromatic carbocycles. The molecule has 0 unspecified atom stereocenters. The van der Waals surface area contributed by atoms with Gasteiger partial charge in [0.05, 0.1) is 10.8 Å². The van der Waals surface area contributed by atoms with Crippen molar-refractivity contribution in [3.63, 3.8) is 0 Å². The van der Waals surface area contributed by atoms with Gasteiger partial charge in [-0.3, -0.25) is 9.47 Å². The van der Waals surface area contributed by atoms with E-state index in [2.05, 4.69) is 15.5 Å². The second-order valence-corrected chi connectivity index (χ2v) is 7.66. The number of thioether (sulfide) groups is 1. The highest BCUT2D eigenvalue weighted by Gasteiger charge is 2.18. The van der Waals surface area contributed by atoms with E-state index >= 15 is 0 Å². The summed E-state index contributed by atoms with van der Waals surface area (Å²) < 4.78 is 3.70. The van der Waals surface area contributed by atoms with Gasteiger partial charge in [-0.05, 0) is 42.8 Å². The summed E-state index contributed by atoms with van der Waals surface area (Å²) in [5.74, 6) is 0.704. The molecular formula is C21H18ClN5OS. The number of para-hydroxylation sites is 1. The molecule has 0 bridgehead atoms. The summed E-state index contributed by atoms with van der Waals surface area (Å²) in [6.07, 6.45) is 3.78. The van der Waals surface area contributed by atoms with E-state index in [-0.39, 0.29) is 11.7 Å². The van der Waals surface area contributed by atoms with Crippen molar-refractivity contribution in [2.24, 2.45) is 0 Å². The molecule has 146 valence electrons. The van der Waals surface area contributed by atoms with Crippen LogP contribution in [0.1, 0.15) is 5.56 Å². The average Bonchev–Trinajstić information content (AvgIpc) is 3.38. The number of benzene rings is 2. The Labute approximate surface area is 177 Å². The van der Waals surface area contributed by atoms with Crippen molar-refractivity contribution in [2.75, 3.05) is 11.1 Å². The first-order valence-electron chi connectivity index (χ1n) is 8.95. The number of anilines is 1. The lowest BCUT2D eigenvalue weighted by Crippen LogP contribution is -2.16. The van der Waals surface area contributed by atoms with Gasteiger partial charge < -0.3 is 5.32 Å². The molecular weight excluding hydrogens is 406 g/mol. The molecule has 0 atom stereocenters. The number of nitrogens with zero attached hydrogens (tertiary/aromatic N) is 4. The maximum Gasteiger partial charge on any atom is 0.234 e. The van der Waals surface area contributed by atoms with Gasteiger partial charge in [0.2, 0.25) is 11.1 Å². The zero-order chi connectivity index (χ0) is 20.2. The molecule has 2 aromatic heterocycles. The number of hydrogen-bond donors (Lipinski definition) is 1. The quantitative estimate of drug-likeness (QED) is 0.454. The number of hydrogen-bond acceptors (Lipinski definition) is 4. The molecule has 0 fully saturated rings. The van der Waals surface area contributed by atoms with Gasteiger partial charge in [0, 0.05) is 23.6 Å². The van der Waals surface area contributed by atoms with Crippen molar-refractivity contribution >= 4 is 35.0 Å². The zero-order valence-electron chi connectivity index (χ0n) is 15.6. The average molecular weight is 424 g/mol. The van der Waals surface area contributed by atoms with Crippen LogP contribution in [0.2, 0.25) is 5.02 Å². The first kappa shape index (κ1) is 19.3. The largest absolute Gasteiger partial charge is 0.325 e. The van der Waals surface area contributed by atoms with Crippen LogP contribution in [0.3, 0.4) is 0 Å². The van der Waals surface area contributed by atoms with E-state index in [1.165, 1.54) is 11.8 Å². The monoisotopic (exact) mass is 423 g/mol. The van der Waals surface area contributed by atoms with E-state index in [4.69, 9.17) is 11.6 Å². The maximum atomic E-state index is 12.4. The Kier molecular flexibility index (Phi) is 5.69. The molecule has 4 aromatic rings. The van der Waals surface area contributed by atoms with Crippen LogP contribution < -0.4 is 5.32 Å². The van der Waals surface area contributed by atoms with Crippen LogP contribution in [0.5, 0.6) is 0 Å². The van der Waals surface area contributed by atoms with E-state index in [0.717, 1.165) is 16.8 Å². The number of nitrogens with one attached hydrogen (secondary N) is 1. The fourth-order valence-corrected chi connectivity index (χ4v) is 3.82. The highest BCUT2D eigenvalue weighted by molar-refractivity contribution is 7.99. The minimum absolute atomic E-state index is 0.106. The Hall–Kier alpha value is -3.03. The highest BCUT2D eigenvalue weighted by atomic mass is 35.5. The first-order valence-corrected chi connectivity index (χ1v) is 10.3. The van der Waals surface area contributed by atoms with Gasteiger partial charge in [0.1, 0.15) is 0 Å². The minimum atomic E-state index is -0.106. The summed E-state index contributed by atoms with van der Waals surface area (Å²) in [6, 6.07) is 19.0. The normalized spacial score (nSPS) is 10.8. The van der Waals surface area contributed by atoms with Crippen LogP contribution in [-0.4, -0.2) is 31.2 Å². The molecule has 0 aliphatic heterocycles. The smallest absolute Gasteiger partial charge is 0.234 e. The standard InChI is InChI=1S/C21H18ClN5OS/c1-15-8-2-5-11-18(15)23-19(28)14-29-21-25-24-20(16-9-3-4-10-17(16)22)27(21)26-12-6-7-13-26/h2-13H,14H2,1H3,(H,23,28). The van der Waals surface area contributed by atoms with Crippen LogP contribution in [0.25, 0.3) is 11.4 Å². The van der Waals surface area contributed by atoms with Crippen LogP contribution in [0.4, 0.5) is 5.69 Å². The van der Waals surface area contributed by atoms with Gasteiger partial charge in [0.15, 0.2) is 5.82 Å². The maximum absolute atomic E-state index is 12.4. The number of amides is 1. The Morgan fingerprint density at radius 1 is 1.03 bits per heavy atom. The number of carbonyl (C=O) groups excluding carboxylic acids is 1.